The van der Waals surface area contributed by atoms with E-state index in [1.54, 1.807) is 4.90 Å². The molecule has 1 fully saturated rings. The van der Waals surface area contributed by atoms with Crippen LogP contribution >= 0.6 is 24.0 Å². The van der Waals surface area contributed by atoms with Crippen LogP contribution in [0.3, 0.4) is 0 Å². The molecule has 0 saturated carbocycles. The van der Waals surface area contributed by atoms with Crippen LogP contribution in [0.5, 0.6) is 0 Å². The number of rotatable bonds is 7. The molecule has 1 aromatic rings. The van der Waals surface area contributed by atoms with Gasteiger partial charge in [0, 0.05) is 32.0 Å². The number of hydrogen-bond acceptors (Lipinski definition) is 5. The minimum absolute atomic E-state index is 0.0618. The number of carboxylic acid groups (broad SMARTS) is 1. The summed E-state index contributed by atoms with van der Waals surface area (Å²) in [5, 5.41) is 10.3. The Kier molecular flexibility index (Phi) is 5.79. The van der Waals surface area contributed by atoms with Crippen LogP contribution in [-0.4, -0.2) is 32.2 Å². The molecule has 118 valence electrons. The molecule has 0 spiro atoms. The van der Waals surface area contributed by atoms with Gasteiger partial charge in [-0.25, -0.2) is 0 Å². The number of carbonyl (C=O) groups is 2. The summed E-state index contributed by atoms with van der Waals surface area (Å²) in [4.78, 5) is 24.9. The molecule has 5 nitrogen and oxygen atoms in total. The lowest BCUT2D eigenvalue weighted by molar-refractivity contribution is -0.305. The Labute approximate surface area is 139 Å². The Morgan fingerprint density at radius 3 is 2.82 bits per heavy atom. The van der Waals surface area contributed by atoms with Crippen LogP contribution in [0, 0.1) is 0 Å². The predicted molar refractivity (Wildman–Crippen MR) is 88.8 cm³/mol. The van der Waals surface area contributed by atoms with Crippen molar-refractivity contribution in [3.05, 3.63) is 28.9 Å². The van der Waals surface area contributed by atoms with Gasteiger partial charge in [0.1, 0.15) is 4.32 Å². The molecule has 1 saturated heterocycles. The fraction of sp³-hybridized carbons (Fsp3) is 0.400. The summed E-state index contributed by atoms with van der Waals surface area (Å²) in [7, 11) is 1.93. The fourth-order valence-corrected chi connectivity index (χ4v) is 3.48. The molecule has 0 bridgehead atoms. The molecule has 0 aliphatic carbocycles. The first-order chi connectivity index (χ1) is 10.5. The molecule has 1 aliphatic heterocycles. The van der Waals surface area contributed by atoms with Gasteiger partial charge in [0.2, 0.25) is 0 Å². The van der Waals surface area contributed by atoms with Gasteiger partial charge in [0.15, 0.2) is 0 Å². The molecule has 22 heavy (non-hydrogen) atoms. The van der Waals surface area contributed by atoms with Crippen molar-refractivity contribution in [3.63, 3.8) is 0 Å². The molecule has 0 N–H and O–H groups in total. The van der Waals surface area contributed by atoms with E-state index in [0.29, 0.717) is 22.2 Å². The zero-order chi connectivity index (χ0) is 16.1. The third-order valence-corrected chi connectivity index (χ3v) is 4.67. The van der Waals surface area contributed by atoms with Crippen LogP contribution in [0.25, 0.3) is 6.08 Å². The number of aliphatic carboxylic acids is 1. The normalized spacial score (nSPS) is 16.8. The van der Waals surface area contributed by atoms with Gasteiger partial charge >= 0.3 is 0 Å². The van der Waals surface area contributed by atoms with Gasteiger partial charge in [-0.15, -0.1) is 0 Å². The van der Waals surface area contributed by atoms with E-state index in [-0.39, 0.29) is 12.3 Å². The van der Waals surface area contributed by atoms with E-state index in [4.69, 9.17) is 12.2 Å². The van der Waals surface area contributed by atoms with Gasteiger partial charge in [-0.05, 0) is 37.0 Å². The smallest absolute Gasteiger partial charge is 0.266 e. The molecule has 0 atom stereocenters. The number of aromatic nitrogens is 1. The summed E-state index contributed by atoms with van der Waals surface area (Å²) in [6, 6.07) is 1.94. The summed E-state index contributed by atoms with van der Waals surface area (Å²) in [6.45, 7) is 0.532. The first-order valence-corrected chi connectivity index (χ1v) is 8.27. The van der Waals surface area contributed by atoms with Crippen molar-refractivity contribution < 1.29 is 14.7 Å². The van der Waals surface area contributed by atoms with Crippen molar-refractivity contribution >= 4 is 46.3 Å². The third kappa shape index (κ3) is 4.45. The Morgan fingerprint density at radius 2 is 2.18 bits per heavy atom. The highest BCUT2D eigenvalue weighted by atomic mass is 32.2. The molecule has 2 heterocycles. The topological polar surface area (TPSA) is 65.4 Å². The number of amides is 1. The van der Waals surface area contributed by atoms with Gasteiger partial charge in [0.05, 0.1) is 4.91 Å². The molecular formula is C15H17N2O3S2-. The number of carboxylic acids is 1. The van der Waals surface area contributed by atoms with Crippen LogP contribution in [-0.2, 0) is 16.6 Å². The van der Waals surface area contributed by atoms with Crippen LogP contribution in [0.4, 0.5) is 0 Å². The Morgan fingerprint density at radius 1 is 1.41 bits per heavy atom. The van der Waals surface area contributed by atoms with Crippen molar-refractivity contribution in [2.24, 2.45) is 7.05 Å². The van der Waals surface area contributed by atoms with Gasteiger partial charge in [-0.3, -0.25) is 9.69 Å². The van der Waals surface area contributed by atoms with Crippen LogP contribution in [0.1, 0.15) is 31.2 Å². The van der Waals surface area contributed by atoms with Crippen LogP contribution in [0.15, 0.2) is 23.4 Å². The van der Waals surface area contributed by atoms with E-state index >= 15 is 0 Å². The van der Waals surface area contributed by atoms with Crippen molar-refractivity contribution in [3.8, 4) is 0 Å². The minimum Gasteiger partial charge on any atom is -0.550 e. The van der Waals surface area contributed by atoms with Gasteiger partial charge in [-0.2, -0.15) is 0 Å². The first kappa shape index (κ1) is 16.8. The molecule has 0 radical (unpaired) electrons. The number of aryl methyl sites for hydroxylation is 1. The average molecular weight is 337 g/mol. The highest BCUT2D eigenvalue weighted by Crippen LogP contribution is 2.32. The van der Waals surface area contributed by atoms with Crippen molar-refractivity contribution in [1.82, 2.24) is 9.47 Å². The predicted octanol–water partition coefficient (Wildman–Crippen LogP) is 1.54. The summed E-state index contributed by atoms with van der Waals surface area (Å²) < 4.78 is 2.48. The lowest BCUT2D eigenvalue weighted by Crippen LogP contribution is -2.29. The number of thiocarbonyl (C=S) groups is 1. The number of carbonyl (C=O) groups excluding carboxylic acids is 2. The largest absolute Gasteiger partial charge is 0.550 e. The molecular weight excluding hydrogens is 320 g/mol. The van der Waals surface area contributed by atoms with E-state index in [2.05, 4.69) is 0 Å². The molecule has 1 aliphatic rings. The zero-order valence-corrected chi connectivity index (χ0v) is 13.9. The second kappa shape index (κ2) is 7.60. The lowest BCUT2D eigenvalue weighted by atomic mass is 10.2. The van der Waals surface area contributed by atoms with Crippen molar-refractivity contribution in [1.29, 1.82) is 0 Å². The number of unbranched alkanes of at least 4 members (excludes halogenated alkanes) is 2. The van der Waals surface area contributed by atoms with Crippen LogP contribution in [0.2, 0.25) is 0 Å². The number of nitrogens with zero attached hydrogens (tertiary/aromatic N) is 2. The molecule has 0 unspecified atom stereocenters. The van der Waals surface area contributed by atoms with E-state index in [0.717, 1.165) is 18.4 Å². The third-order valence-electron chi connectivity index (χ3n) is 3.29. The number of thioether (sulfide) groups is 1. The van der Waals surface area contributed by atoms with E-state index in [1.165, 1.54) is 11.8 Å². The summed E-state index contributed by atoms with van der Waals surface area (Å²) >= 11 is 6.56. The van der Waals surface area contributed by atoms with Gasteiger partial charge < -0.3 is 14.5 Å². The number of hydrogen-bond donors (Lipinski definition) is 0. The minimum atomic E-state index is -1.03. The zero-order valence-electron chi connectivity index (χ0n) is 12.3. The van der Waals surface area contributed by atoms with Gasteiger partial charge in [-0.1, -0.05) is 30.4 Å². The van der Waals surface area contributed by atoms with Crippen LogP contribution < -0.4 is 5.11 Å². The Balaban J connectivity index is 1.89. The lowest BCUT2D eigenvalue weighted by Gasteiger charge is -2.14. The standard InChI is InChI=1S/C15H18N2O3S2/c1-16-8-6-11(10-16)9-12-14(20)17(15(21)22-12)7-4-2-3-5-13(18)19/h6,8-10H,2-5,7H2,1H3,(H,18,19)/p-1/b12-9+. The van der Waals surface area contributed by atoms with Crippen molar-refractivity contribution in [2.75, 3.05) is 6.54 Å². The maximum Gasteiger partial charge on any atom is 0.266 e. The van der Waals surface area contributed by atoms with E-state index in [1.807, 2.05) is 36.2 Å². The molecule has 7 heteroatoms. The maximum absolute atomic E-state index is 12.3. The second-order valence-corrected chi connectivity index (χ2v) is 6.80. The van der Waals surface area contributed by atoms with Gasteiger partial charge in [0.25, 0.3) is 5.91 Å². The van der Waals surface area contributed by atoms with E-state index < -0.39 is 5.97 Å². The Hall–Kier alpha value is -1.60. The second-order valence-electron chi connectivity index (χ2n) is 5.13. The molecule has 2 rings (SSSR count). The maximum atomic E-state index is 12.3. The molecule has 1 amide bonds. The quantitative estimate of drug-likeness (QED) is 0.429. The van der Waals surface area contributed by atoms with E-state index in [9.17, 15) is 14.7 Å². The highest BCUT2D eigenvalue weighted by Gasteiger charge is 2.31. The first-order valence-electron chi connectivity index (χ1n) is 7.04. The summed E-state index contributed by atoms with van der Waals surface area (Å²) in [5.74, 6) is -1.10. The average Bonchev–Trinajstić information content (AvgIpc) is 2.96. The summed E-state index contributed by atoms with van der Waals surface area (Å²) in [5.41, 5.74) is 0.969. The van der Waals surface area contributed by atoms with Crippen molar-refractivity contribution in [2.45, 2.75) is 25.7 Å². The molecule has 0 aromatic carbocycles. The highest BCUT2D eigenvalue weighted by molar-refractivity contribution is 8.26. The monoisotopic (exact) mass is 337 g/mol. The SMILES string of the molecule is Cn1ccc(/C=C2/SC(=S)N(CCCCCC(=O)[O-])C2=O)c1. The Bertz CT molecular complexity index is 622. The fourth-order valence-electron chi connectivity index (χ4n) is 2.17. The summed E-state index contributed by atoms with van der Waals surface area (Å²) in [6.07, 6.45) is 7.80. The molecule has 1 aromatic heterocycles.